The van der Waals surface area contributed by atoms with Gasteiger partial charge in [-0.25, -0.2) is 0 Å². The van der Waals surface area contributed by atoms with Crippen molar-refractivity contribution in [3.63, 3.8) is 0 Å². The lowest BCUT2D eigenvalue weighted by Crippen LogP contribution is -2.37. The summed E-state index contributed by atoms with van der Waals surface area (Å²) in [5.74, 6) is 1.49. The molecule has 3 nitrogen and oxygen atoms in total. The summed E-state index contributed by atoms with van der Waals surface area (Å²) in [7, 11) is 0. The standard InChI is InChI=1S/C18H32Cl2O3/c19-13-3-1-7-15-9-5-11-17(21-15)23-18-12-6-10-16(22-18)8-2-4-14-20/h15-18H,1-14H2. The van der Waals surface area contributed by atoms with E-state index in [0.29, 0.717) is 12.2 Å². The van der Waals surface area contributed by atoms with Crippen molar-refractivity contribution in [3.05, 3.63) is 0 Å². The molecule has 2 rings (SSSR count). The second kappa shape index (κ2) is 11.9. The van der Waals surface area contributed by atoms with E-state index in [1.165, 1.54) is 12.8 Å². The zero-order valence-electron chi connectivity index (χ0n) is 14.2. The Labute approximate surface area is 151 Å². The van der Waals surface area contributed by atoms with E-state index in [-0.39, 0.29) is 12.6 Å². The highest BCUT2D eigenvalue weighted by molar-refractivity contribution is 6.18. The molecule has 0 bridgehead atoms. The maximum atomic E-state index is 6.11. The lowest BCUT2D eigenvalue weighted by Gasteiger charge is -2.36. The molecule has 2 aliphatic rings. The molecule has 0 saturated carbocycles. The van der Waals surface area contributed by atoms with Crippen molar-refractivity contribution in [2.45, 2.75) is 102 Å². The van der Waals surface area contributed by atoms with Gasteiger partial charge in [0.05, 0.1) is 12.2 Å². The van der Waals surface area contributed by atoms with E-state index < -0.39 is 0 Å². The van der Waals surface area contributed by atoms with Crippen LogP contribution in [0.15, 0.2) is 0 Å². The predicted octanol–water partition coefficient (Wildman–Crippen LogP) is 5.61. The van der Waals surface area contributed by atoms with Gasteiger partial charge in [0, 0.05) is 11.8 Å². The summed E-state index contributed by atoms with van der Waals surface area (Å²) < 4.78 is 18.3. The zero-order chi connectivity index (χ0) is 16.3. The third-order valence-corrected chi connectivity index (χ3v) is 5.28. The number of rotatable bonds is 10. The van der Waals surface area contributed by atoms with Gasteiger partial charge in [-0.2, -0.15) is 0 Å². The molecule has 4 atom stereocenters. The minimum absolute atomic E-state index is 0.0867. The normalized spacial score (nSPS) is 32.1. The molecule has 4 unspecified atom stereocenters. The molecule has 5 heteroatoms. The number of halogens is 2. The monoisotopic (exact) mass is 366 g/mol. The van der Waals surface area contributed by atoms with E-state index in [2.05, 4.69) is 0 Å². The SMILES string of the molecule is ClCCCCC1CCCC(OC2CCCC(CCCCCl)O2)O1. The molecular formula is C18H32Cl2O3. The van der Waals surface area contributed by atoms with Gasteiger partial charge < -0.3 is 14.2 Å². The van der Waals surface area contributed by atoms with Crippen molar-refractivity contribution in [2.24, 2.45) is 0 Å². The van der Waals surface area contributed by atoms with E-state index in [0.717, 1.165) is 76.0 Å². The molecule has 23 heavy (non-hydrogen) atoms. The number of ether oxygens (including phenoxy) is 3. The molecule has 136 valence electrons. The molecule has 2 saturated heterocycles. The van der Waals surface area contributed by atoms with E-state index in [1.807, 2.05) is 0 Å². The Kier molecular flexibility index (Phi) is 10.2. The third-order valence-electron chi connectivity index (χ3n) is 4.74. The van der Waals surface area contributed by atoms with E-state index in [1.54, 1.807) is 0 Å². The van der Waals surface area contributed by atoms with Crippen LogP contribution in [0.2, 0.25) is 0 Å². The molecule has 0 aromatic carbocycles. The van der Waals surface area contributed by atoms with Crippen molar-refractivity contribution in [1.29, 1.82) is 0 Å². The van der Waals surface area contributed by atoms with Crippen molar-refractivity contribution in [3.8, 4) is 0 Å². The second-order valence-corrected chi connectivity index (χ2v) is 7.50. The van der Waals surface area contributed by atoms with Gasteiger partial charge in [-0.3, -0.25) is 0 Å². The summed E-state index contributed by atoms with van der Waals surface area (Å²) in [5.41, 5.74) is 0. The largest absolute Gasteiger partial charge is 0.349 e. The van der Waals surface area contributed by atoms with Gasteiger partial charge >= 0.3 is 0 Å². The van der Waals surface area contributed by atoms with Crippen LogP contribution in [0.3, 0.4) is 0 Å². The number of hydrogen-bond acceptors (Lipinski definition) is 3. The molecule has 0 spiro atoms. The van der Waals surface area contributed by atoms with Crippen LogP contribution in [-0.4, -0.2) is 36.5 Å². The Morgan fingerprint density at radius 2 is 1.17 bits per heavy atom. The topological polar surface area (TPSA) is 27.7 Å². The van der Waals surface area contributed by atoms with Crippen LogP contribution in [0.5, 0.6) is 0 Å². The van der Waals surface area contributed by atoms with Crippen LogP contribution >= 0.6 is 23.2 Å². The van der Waals surface area contributed by atoms with Crippen molar-refractivity contribution < 1.29 is 14.2 Å². The van der Waals surface area contributed by atoms with E-state index >= 15 is 0 Å². The third kappa shape index (κ3) is 7.92. The minimum Gasteiger partial charge on any atom is -0.349 e. The van der Waals surface area contributed by atoms with Gasteiger partial charge in [-0.1, -0.05) is 0 Å². The van der Waals surface area contributed by atoms with Crippen molar-refractivity contribution in [1.82, 2.24) is 0 Å². The molecule has 0 radical (unpaired) electrons. The van der Waals surface area contributed by atoms with Crippen LogP contribution < -0.4 is 0 Å². The Morgan fingerprint density at radius 1 is 0.696 bits per heavy atom. The average Bonchev–Trinajstić information content (AvgIpc) is 2.56. The van der Waals surface area contributed by atoms with Gasteiger partial charge in [0.25, 0.3) is 0 Å². The molecule has 0 aromatic heterocycles. The molecular weight excluding hydrogens is 335 g/mol. The number of unbranched alkanes of at least 4 members (excludes halogenated alkanes) is 2. The predicted molar refractivity (Wildman–Crippen MR) is 95.3 cm³/mol. The maximum absolute atomic E-state index is 6.11. The van der Waals surface area contributed by atoms with E-state index in [9.17, 15) is 0 Å². The molecule has 0 aromatic rings. The first-order valence-corrected chi connectivity index (χ1v) is 10.5. The summed E-state index contributed by atoms with van der Waals surface area (Å²) in [6, 6.07) is 0. The van der Waals surface area contributed by atoms with Crippen LogP contribution in [0.4, 0.5) is 0 Å². The molecule has 0 aliphatic carbocycles. The summed E-state index contributed by atoms with van der Waals surface area (Å²) in [4.78, 5) is 0. The average molecular weight is 367 g/mol. The lowest BCUT2D eigenvalue weighted by molar-refractivity contribution is -0.291. The van der Waals surface area contributed by atoms with Crippen LogP contribution in [0, 0.1) is 0 Å². The van der Waals surface area contributed by atoms with Crippen LogP contribution in [0.1, 0.15) is 77.0 Å². The smallest absolute Gasteiger partial charge is 0.161 e. The van der Waals surface area contributed by atoms with Crippen molar-refractivity contribution in [2.75, 3.05) is 11.8 Å². The summed E-state index contributed by atoms with van der Waals surface area (Å²) in [5, 5.41) is 0. The highest BCUT2D eigenvalue weighted by Gasteiger charge is 2.29. The fourth-order valence-electron chi connectivity index (χ4n) is 3.45. The Morgan fingerprint density at radius 3 is 1.61 bits per heavy atom. The van der Waals surface area contributed by atoms with Gasteiger partial charge in [-0.15, -0.1) is 23.2 Å². The summed E-state index contributed by atoms with van der Waals surface area (Å²) in [6.45, 7) is 0. The minimum atomic E-state index is -0.0867. The Bertz CT molecular complexity index is 276. The second-order valence-electron chi connectivity index (χ2n) is 6.74. The lowest BCUT2D eigenvalue weighted by atomic mass is 10.0. The molecule has 2 aliphatic heterocycles. The summed E-state index contributed by atoms with van der Waals surface area (Å²) >= 11 is 11.5. The highest BCUT2D eigenvalue weighted by Crippen LogP contribution is 2.29. The fourth-order valence-corrected chi connectivity index (χ4v) is 3.83. The van der Waals surface area contributed by atoms with Crippen LogP contribution in [0.25, 0.3) is 0 Å². The Balaban J connectivity index is 1.66. The van der Waals surface area contributed by atoms with Crippen molar-refractivity contribution >= 4 is 23.2 Å². The zero-order valence-corrected chi connectivity index (χ0v) is 15.7. The van der Waals surface area contributed by atoms with E-state index in [4.69, 9.17) is 37.4 Å². The maximum Gasteiger partial charge on any atom is 0.161 e. The summed E-state index contributed by atoms with van der Waals surface area (Å²) in [6.07, 6.45) is 13.8. The van der Waals surface area contributed by atoms with Gasteiger partial charge in [0.15, 0.2) is 12.6 Å². The van der Waals surface area contributed by atoms with Gasteiger partial charge in [0.1, 0.15) is 0 Å². The highest BCUT2D eigenvalue weighted by atomic mass is 35.5. The van der Waals surface area contributed by atoms with Gasteiger partial charge in [0.2, 0.25) is 0 Å². The quantitative estimate of drug-likeness (QED) is 0.371. The first-order chi connectivity index (χ1) is 11.3. The molecule has 0 N–H and O–H groups in total. The van der Waals surface area contributed by atoms with Gasteiger partial charge in [-0.05, 0) is 77.0 Å². The number of hydrogen-bond donors (Lipinski definition) is 0. The van der Waals surface area contributed by atoms with Crippen LogP contribution in [-0.2, 0) is 14.2 Å². The molecule has 0 amide bonds. The first kappa shape index (κ1) is 19.8. The Hall–Kier alpha value is 0.460. The fraction of sp³-hybridized carbons (Fsp3) is 1.00. The first-order valence-electron chi connectivity index (χ1n) is 9.40. The molecule has 2 heterocycles. The molecule has 2 fully saturated rings. The number of alkyl halides is 2.